The number of rotatable bonds is 7. The maximum atomic E-state index is 11.1. The Labute approximate surface area is 87.8 Å². The molecule has 0 aromatic heterocycles. The van der Waals surface area contributed by atoms with Crippen molar-refractivity contribution >= 4 is 13.8 Å². The zero-order valence-corrected chi connectivity index (χ0v) is 9.35. The summed E-state index contributed by atoms with van der Waals surface area (Å²) in [6.45, 7) is 1.62. The highest BCUT2D eigenvalue weighted by Crippen LogP contribution is 2.35. The Morgan fingerprint density at radius 1 is 1.53 bits per heavy atom. The standard InChI is InChI=1S/C7H16NO6P/c1-2-3-4-13-7(9)6(8)5-14-15(10,11)12/h6H,2-5,8H2,1H3,(H2,10,11,12). The molecule has 0 rings (SSSR count). The van der Waals surface area contributed by atoms with E-state index in [4.69, 9.17) is 20.3 Å². The van der Waals surface area contributed by atoms with Gasteiger partial charge in [-0.2, -0.15) is 0 Å². The maximum absolute atomic E-state index is 11.1. The zero-order valence-electron chi connectivity index (χ0n) is 8.46. The molecular formula is C7H16NO6P. The fourth-order valence-electron chi connectivity index (χ4n) is 0.670. The Morgan fingerprint density at radius 2 is 2.13 bits per heavy atom. The van der Waals surface area contributed by atoms with Crippen molar-refractivity contribution < 1.29 is 28.4 Å². The molecule has 0 aromatic rings. The lowest BCUT2D eigenvalue weighted by molar-refractivity contribution is -0.146. The van der Waals surface area contributed by atoms with Gasteiger partial charge in [0.15, 0.2) is 0 Å². The lowest BCUT2D eigenvalue weighted by Crippen LogP contribution is -2.36. The molecule has 1 unspecified atom stereocenters. The van der Waals surface area contributed by atoms with Crippen molar-refractivity contribution in [2.45, 2.75) is 25.8 Å². The molecule has 0 aliphatic heterocycles. The van der Waals surface area contributed by atoms with E-state index in [0.29, 0.717) is 0 Å². The van der Waals surface area contributed by atoms with Crippen molar-refractivity contribution in [2.24, 2.45) is 5.73 Å². The Kier molecular flexibility index (Phi) is 6.71. The first-order valence-electron chi connectivity index (χ1n) is 4.49. The van der Waals surface area contributed by atoms with Crippen molar-refractivity contribution in [1.82, 2.24) is 0 Å². The van der Waals surface area contributed by atoms with Crippen LogP contribution in [0.1, 0.15) is 19.8 Å². The Hall–Kier alpha value is -0.460. The second-order valence-corrected chi connectivity index (χ2v) is 4.15. The molecule has 0 heterocycles. The van der Waals surface area contributed by atoms with E-state index >= 15 is 0 Å². The molecule has 0 fully saturated rings. The van der Waals surface area contributed by atoms with Crippen LogP contribution in [-0.2, 0) is 18.6 Å². The number of phosphoric acid groups is 1. The van der Waals surface area contributed by atoms with Crippen molar-refractivity contribution in [3.8, 4) is 0 Å². The topological polar surface area (TPSA) is 119 Å². The van der Waals surface area contributed by atoms with E-state index in [2.05, 4.69) is 4.52 Å². The summed E-state index contributed by atoms with van der Waals surface area (Å²) in [4.78, 5) is 27.7. The van der Waals surface area contributed by atoms with Crippen molar-refractivity contribution in [3.05, 3.63) is 0 Å². The first-order chi connectivity index (χ1) is 6.87. The van der Waals surface area contributed by atoms with E-state index in [-0.39, 0.29) is 6.61 Å². The summed E-state index contributed by atoms with van der Waals surface area (Å²) in [5.74, 6) is -0.725. The second-order valence-electron chi connectivity index (χ2n) is 2.91. The summed E-state index contributed by atoms with van der Waals surface area (Å²) < 4.78 is 19.1. The molecule has 0 spiro atoms. The summed E-state index contributed by atoms with van der Waals surface area (Å²) in [5.41, 5.74) is 5.26. The van der Waals surface area contributed by atoms with Crippen LogP contribution in [-0.4, -0.2) is 35.0 Å². The molecule has 0 radical (unpaired) electrons. The monoisotopic (exact) mass is 241 g/mol. The van der Waals surface area contributed by atoms with Crippen molar-refractivity contribution in [3.63, 3.8) is 0 Å². The molecule has 0 saturated heterocycles. The van der Waals surface area contributed by atoms with E-state index in [0.717, 1.165) is 12.8 Å². The van der Waals surface area contributed by atoms with E-state index in [1.165, 1.54) is 0 Å². The fourth-order valence-corrected chi connectivity index (χ4v) is 1.02. The number of nitrogens with two attached hydrogens (primary N) is 1. The molecule has 15 heavy (non-hydrogen) atoms. The number of hydrogen-bond acceptors (Lipinski definition) is 5. The third kappa shape index (κ3) is 8.53. The van der Waals surface area contributed by atoms with Gasteiger partial charge in [0.2, 0.25) is 0 Å². The second kappa shape index (κ2) is 6.92. The van der Waals surface area contributed by atoms with Gasteiger partial charge in [-0.15, -0.1) is 0 Å². The molecule has 90 valence electrons. The minimum atomic E-state index is -4.58. The molecule has 8 heteroatoms. The third-order valence-corrected chi connectivity index (χ3v) is 1.95. The minimum absolute atomic E-state index is 0.249. The van der Waals surface area contributed by atoms with E-state index in [1.807, 2.05) is 6.92 Å². The highest BCUT2D eigenvalue weighted by Gasteiger charge is 2.21. The van der Waals surface area contributed by atoms with Crippen LogP contribution < -0.4 is 5.73 Å². The zero-order chi connectivity index (χ0) is 11.9. The molecule has 1 atom stereocenters. The van der Waals surface area contributed by atoms with Crippen molar-refractivity contribution in [1.29, 1.82) is 0 Å². The average molecular weight is 241 g/mol. The van der Waals surface area contributed by atoms with Crippen LogP contribution in [0.4, 0.5) is 0 Å². The lowest BCUT2D eigenvalue weighted by atomic mass is 10.3. The Bertz CT molecular complexity index is 240. The van der Waals surface area contributed by atoms with Crippen LogP contribution in [0.2, 0.25) is 0 Å². The molecule has 0 bridgehead atoms. The maximum Gasteiger partial charge on any atom is 0.469 e. The van der Waals surface area contributed by atoms with Crippen LogP contribution in [0, 0.1) is 0 Å². The number of carbonyl (C=O) groups is 1. The average Bonchev–Trinajstić information content (AvgIpc) is 2.13. The Balaban J connectivity index is 3.74. The highest BCUT2D eigenvalue weighted by atomic mass is 31.2. The number of hydrogen-bond donors (Lipinski definition) is 3. The number of esters is 1. The molecule has 0 aromatic carbocycles. The molecule has 0 saturated carbocycles. The summed E-state index contributed by atoms with van der Waals surface area (Å²) in [5, 5.41) is 0. The molecule has 0 aliphatic carbocycles. The van der Waals surface area contributed by atoms with Gasteiger partial charge in [0, 0.05) is 0 Å². The van der Waals surface area contributed by atoms with Crippen LogP contribution in [0.5, 0.6) is 0 Å². The minimum Gasteiger partial charge on any atom is -0.464 e. The molecule has 0 amide bonds. The fraction of sp³-hybridized carbons (Fsp3) is 0.857. The normalized spacial score (nSPS) is 13.6. The first kappa shape index (κ1) is 14.5. The Morgan fingerprint density at radius 3 is 2.60 bits per heavy atom. The summed E-state index contributed by atoms with van der Waals surface area (Å²) >= 11 is 0. The molecule has 4 N–H and O–H groups in total. The van der Waals surface area contributed by atoms with E-state index in [9.17, 15) is 9.36 Å². The van der Waals surface area contributed by atoms with E-state index in [1.54, 1.807) is 0 Å². The van der Waals surface area contributed by atoms with E-state index < -0.39 is 26.4 Å². The lowest BCUT2D eigenvalue weighted by Gasteiger charge is -2.11. The van der Waals surface area contributed by atoms with Crippen LogP contribution in [0.25, 0.3) is 0 Å². The van der Waals surface area contributed by atoms with Gasteiger partial charge in [0.25, 0.3) is 0 Å². The van der Waals surface area contributed by atoms with Gasteiger partial charge in [-0.1, -0.05) is 13.3 Å². The summed E-state index contributed by atoms with van der Waals surface area (Å²) in [6.07, 6.45) is 1.60. The number of ether oxygens (including phenoxy) is 1. The van der Waals surface area contributed by atoms with Gasteiger partial charge >= 0.3 is 13.8 Å². The van der Waals surface area contributed by atoms with Gasteiger partial charge in [-0.3, -0.25) is 9.32 Å². The first-order valence-corrected chi connectivity index (χ1v) is 6.02. The molecule has 0 aliphatic rings. The van der Waals surface area contributed by atoms with Crippen LogP contribution in [0.15, 0.2) is 0 Å². The smallest absolute Gasteiger partial charge is 0.464 e. The summed E-state index contributed by atoms with van der Waals surface area (Å²) in [7, 11) is -4.58. The van der Waals surface area contributed by atoms with Gasteiger partial charge in [-0.05, 0) is 6.42 Å². The van der Waals surface area contributed by atoms with Crippen molar-refractivity contribution in [2.75, 3.05) is 13.2 Å². The predicted octanol–water partition coefficient (Wildman–Crippen LogP) is -0.234. The van der Waals surface area contributed by atoms with Crippen LogP contribution >= 0.6 is 7.82 Å². The van der Waals surface area contributed by atoms with Crippen LogP contribution in [0.3, 0.4) is 0 Å². The molecular weight excluding hydrogens is 225 g/mol. The van der Waals surface area contributed by atoms with Gasteiger partial charge in [-0.25, -0.2) is 4.57 Å². The highest BCUT2D eigenvalue weighted by molar-refractivity contribution is 7.46. The number of carbonyl (C=O) groups excluding carboxylic acids is 1. The number of unbranched alkanes of at least 4 members (excludes halogenated alkanes) is 1. The third-order valence-electron chi connectivity index (χ3n) is 1.47. The SMILES string of the molecule is CCCCOC(=O)C(N)COP(=O)(O)O. The largest absolute Gasteiger partial charge is 0.469 e. The number of phosphoric ester groups is 1. The quantitative estimate of drug-likeness (QED) is 0.320. The van der Waals surface area contributed by atoms with Gasteiger partial charge in [0.1, 0.15) is 6.04 Å². The summed E-state index contributed by atoms with van der Waals surface area (Å²) in [6, 6.07) is -1.17. The molecule has 7 nitrogen and oxygen atoms in total. The van der Waals surface area contributed by atoms with Gasteiger partial charge in [0.05, 0.1) is 13.2 Å². The van der Waals surface area contributed by atoms with Gasteiger partial charge < -0.3 is 20.3 Å². The predicted molar refractivity (Wildman–Crippen MR) is 51.8 cm³/mol.